The summed E-state index contributed by atoms with van der Waals surface area (Å²) >= 11 is 0. The Labute approximate surface area is 181 Å². The van der Waals surface area contributed by atoms with Crippen LogP contribution in [0.3, 0.4) is 0 Å². The number of para-hydroxylation sites is 1. The molecule has 3 heterocycles. The van der Waals surface area contributed by atoms with Crippen molar-refractivity contribution in [3.8, 4) is 0 Å². The van der Waals surface area contributed by atoms with Gasteiger partial charge in [0.05, 0.1) is 28.7 Å². The summed E-state index contributed by atoms with van der Waals surface area (Å²) < 4.78 is 4.68. The minimum Gasteiger partial charge on any atom is -0.350 e. The van der Waals surface area contributed by atoms with Crippen LogP contribution >= 0.6 is 0 Å². The van der Waals surface area contributed by atoms with E-state index in [1.807, 2.05) is 45.0 Å². The predicted molar refractivity (Wildman–Crippen MR) is 115 cm³/mol. The molecule has 1 aliphatic heterocycles. The van der Waals surface area contributed by atoms with E-state index in [9.17, 15) is 9.59 Å². The number of aromatic nitrogens is 3. The van der Waals surface area contributed by atoms with E-state index >= 15 is 0 Å². The summed E-state index contributed by atoms with van der Waals surface area (Å²) in [5.74, 6) is -0.180. The number of rotatable bonds is 4. The first-order valence-corrected chi connectivity index (χ1v) is 10.5. The summed E-state index contributed by atoms with van der Waals surface area (Å²) in [6.07, 6.45) is 1.48. The van der Waals surface area contributed by atoms with Gasteiger partial charge in [-0.3, -0.25) is 14.6 Å². The molecule has 1 aliphatic rings. The zero-order valence-electron chi connectivity index (χ0n) is 18.4. The van der Waals surface area contributed by atoms with Gasteiger partial charge in [0.15, 0.2) is 0 Å². The van der Waals surface area contributed by atoms with Crippen molar-refractivity contribution in [1.29, 1.82) is 0 Å². The summed E-state index contributed by atoms with van der Waals surface area (Å²) in [7, 11) is 0. The number of pyridine rings is 1. The van der Waals surface area contributed by atoms with Gasteiger partial charge in [-0.05, 0) is 52.2 Å². The van der Waals surface area contributed by atoms with Crippen LogP contribution in [-0.2, 0) is 11.3 Å². The summed E-state index contributed by atoms with van der Waals surface area (Å²) in [5.41, 5.74) is 3.88. The molecule has 3 aromatic rings. The van der Waals surface area contributed by atoms with Gasteiger partial charge in [-0.1, -0.05) is 28.5 Å². The van der Waals surface area contributed by atoms with Crippen LogP contribution in [0.2, 0.25) is 0 Å². The van der Waals surface area contributed by atoms with E-state index in [0.717, 1.165) is 22.9 Å². The molecule has 1 atom stereocenters. The van der Waals surface area contributed by atoms with Crippen LogP contribution < -0.4 is 5.32 Å². The Bertz CT molecular complexity index is 1160. The first kappa shape index (κ1) is 21.0. The zero-order valence-corrected chi connectivity index (χ0v) is 18.4. The second kappa shape index (κ2) is 8.09. The normalized spacial score (nSPS) is 18.9. The lowest BCUT2D eigenvalue weighted by Crippen LogP contribution is -2.52. The molecule has 31 heavy (non-hydrogen) atoms. The molecule has 4 rings (SSSR count). The van der Waals surface area contributed by atoms with Gasteiger partial charge in [0.25, 0.3) is 5.91 Å². The van der Waals surface area contributed by atoms with Gasteiger partial charge in [-0.2, -0.15) is 0 Å². The average molecular weight is 422 g/mol. The van der Waals surface area contributed by atoms with Crippen molar-refractivity contribution in [3.63, 3.8) is 0 Å². The Morgan fingerprint density at radius 3 is 2.74 bits per heavy atom. The highest BCUT2D eigenvalue weighted by atomic mass is 16.6. The van der Waals surface area contributed by atoms with Gasteiger partial charge in [0.1, 0.15) is 11.4 Å². The molecular formula is C23H27N5O3. The highest BCUT2D eigenvalue weighted by Crippen LogP contribution is 2.31. The summed E-state index contributed by atoms with van der Waals surface area (Å²) in [6, 6.07) is 7.87. The third kappa shape index (κ3) is 4.02. The Morgan fingerprint density at radius 2 is 2.00 bits per heavy atom. The van der Waals surface area contributed by atoms with E-state index in [4.69, 9.17) is 0 Å². The minimum absolute atomic E-state index is 0.0799. The van der Waals surface area contributed by atoms with Gasteiger partial charge < -0.3 is 10.2 Å². The van der Waals surface area contributed by atoms with Gasteiger partial charge in [-0.15, -0.1) is 0 Å². The van der Waals surface area contributed by atoms with Gasteiger partial charge in [-0.25, -0.2) is 4.63 Å². The monoisotopic (exact) mass is 421 g/mol. The molecule has 0 bridgehead atoms. The number of nitrogens with zero attached hydrogens (tertiary/aromatic N) is 4. The van der Waals surface area contributed by atoms with Crippen molar-refractivity contribution in [1.82, 2.24) is 25.5 Å². The van der Waals surface area contributed by atoms with E-state index in [1.165, 1.54) is 0 Å². The van der Waals surface area contributed by atoms with Gasteiger partial charge in [0, 0.05) is 18.5 Å². The molecule has 162 valence electrons. The molecule has 0 spiro atoms. The predicted octanol–water partition coefficient (Wildman–Crippen LogP) is 3.10. The SMILES string of the molecule is Cc1nc2c(C)cccc2cc1C(=O)N1CCC[C@@](C)(C(=O)NCc2nonc2C)C1. The van der Waals surface area contributed by atoms with Crippen molar-refractivity contribution < 1.29 is 14.2 Å². The maximum absolute atomic E-state index is 13.4. The summed E-state index contributed by atoms with van der Waals surface area (Å²) in [6.45, 7) is 8.81. The molecule has 8 nitrogen and oxygen atoms in total. The molecule has 1 N–H and O–H groups in total. The van der Waals surface area contributed by atoms with Crippen LogP contribution in [-0.4, -0.2) is 45.1 Å². The zero-order chi connectivity index (χ0) is 22.2. The molecule has 8 heteroatoms. The number of hydrogen-bond donors (Lipinski definition) is 1. The first-order valence-electron chi connectivity index (χ1n) is 10.5. The number of amides is 2. The molecular weight excluding hydrogens is 394 g/mol. The van der Waals surface area contributed by atoms with Gasteiger partial charge >= 0.3 is 0 Å². The van der Waals surface area contributed by atoms with Crippen LogP contribution in [0, 0.1) is 26.2 Å². The standard InChI is InChI=1S/C23H27N5O3/c1-14-7-5-8-17-11-18(15(2)25-20(14)17)21(29)28-10-6-9-23(4,13-28)22(30)24-12-19-16(3)26-31-27-19/h5,7-8,11H,6,9-10,12-13H2,1-4H3,(H,24,30)/t23-/m1/s1. The Morgan fingerprint density at radius 1 is 1.19 bits per heavy atom. The maximum Gasteiger partial charge on any atom is 0.255 e. The lowest BCUT2D eigenvalue weighted by atomic mass is 9.80. The molecule has 2 aromatic heterocycles. The van der Waals surface area contributed by atoms with E-state index in [0.29, 0.717) is 42.2 Å². The third-order valence-corrected chi connectivity index (χ3v) is 6.16. The van der Waals surface area contributed by atoms with Crippen molar-refractivity contribution in [3.05, 3.63) is 52.5 Å². The maximum atomic E-state index is 13.4. The van der Waals surface area contributed by atoms with E-state index in [-0.39, 0.29) is 18.4 Å². The van der Waals surface area contributed by atoms with E-state index in [1.54, 1.807) is 11.8 Å². The molecule has 1 aromatic carbocycles. The molecule has 1 saturated heterocycles. The molecule has 0 unspecified atom stereocenters. The number of nitrogens with one attached hydrogen (secondary N) is 1. The largest absolute Gasteiger partial charge is 0.350 e. The van der Waals surface area contributed by atoms with E-state index < -0.39 is 5.41 Å². The lowest BCUT2D eigenvalue weighted by Gasteiger charge is -2.39. The second-order valence-electron chi connectivity index (χ2n) is 8.64. The number of carbonyl (C=O) groups excluding carboxylic acids is 2. The smallest absolute Gasteiger partial charge is 0.255 e. The topological polar surface area (TPSA) is 101 Å². The molecule has 2 amide bonds. The quantitative estimate of drug-likeness (QED) is 0.695. The highest BCUT2D eigenvalue weighted by Gasteiger charge is 2.39. The summed E-state index contributed by atoms with van der Waals surface area (Å²) in [5, 5.41) is 11.4. The Hall–Kier alpha value is -3.29. The molecule has 0 radical (unpaired) electrons. The number of fused-ring (bicyclic) bond motifs is 1. The molecule has 0 saturated carbocycles. The Kier molecular flexibility index (Phi) is 5.47. The number of aryl methyl sites for hydroxylation is 3. The second-order valence-corrected chi connectivity index (χ2v) is 8.64. The van der Waals surface area contributed by atoms with Crippen LogP contribution in [0.15, 0.2) is 28.9 Å². The Balaban J connectivity index is 1.52. The number of benzene rings is 1. The number of hydrogen-bond acceptors (Lipinski definition) is 6. The molecule has 0 aliphatic carbocycles. The van der Waals surface area contributed by atoms with Gasteiger partial charge in [0.2, 0.25) is 5.91 Å². The third-order valence-electron chi connectivity index (χ3n) is 6.16. The van der Waals surface area contributed by atoms with Crippen molar-refractivity contribution in [2.75, 3.05) is 13.1 Å². The van der Waals surface area contributed by atoms with E-state index in [2.05, 4.69) is 25.2 Å². The van der Waals surface area contributed by atoms with Crippen molar-refractivity contribution in [2.24, 2.45) is 5.41 Å². The van der Waals surface area contributed by atoms with Crippen LogP contribution in [0.25, 0.3) is 10.9 Å². The minimum atomic E-state index is -0.673. The summed E-state index contributed by atoms with van der Waals surface area (Å²) in [4.78, 5) is 32.8. The highest BCUT2D eigenvalue weighted by molar-refractivity contribution is 5.99. The fourth-order valence-corrected chi connectivity index (χ4v) is 4.21. The van der Waals surface area contributed by atoms with Crippen LogP contribution in [0.4, 0.5) is 0 Å². The van der Waals surface area contributed by atoms with Crippen molar-refractivity contribution in [2.45, 2.75) is 47.1 Å². The average Bonchev–Trinajstić information content (AvgIpc) is 3.16. The number of likely N-dealkylation sites (tertiary alicyclic amines) is 1. The molecule has 1 fully saturated rings. The number of carbonyl (C=O) groups is 2. The number of piperidine rings is 1. The van der Waals surface area contributed by atoms with Crippen molar-refractivity contribution >= 4 is 22.7 Å². The van der Waals surface area contributed by atoms with Crippen LogP contribution in [0.1, 0.15) is 52.8 Å². The fourth-order valence-electron chi connectivity index (χ4n) is 4.21. The lowest BCUT2D eigenvalue weighted by molar-refractivity contribution is -0.132. The fraction of sp³-hybridized carbons (Fsp3) is 0.435. The van der Waals surface area contributed by atoms with Crippen LogP contribution in [0.5, 0.6) is 0 Å². The first-order chi connectivity index (χ1) is 14.8.